The van der Waals surface area contributed by atoms with Crippen LogP contribution in [0.2, 0.25) is 0 Å². The fourth-order valence-corrected chi connectivity index (χ4v) is 0.274. The maximum absolute atomic E-state index is 5.18. The zero-order chi connectivity index (χ0) is 7.28. The second-order valence-electron chi connectivity index (χ2n) is 1.40. The van der Waals surface area contributed by atoms with Crippen LogP contribution in [0.5, 0.6) is 0 Å². The molecule has 4 N–H and O–H groups in total. The van der Waals surface area contributed by atoms with Gasteiger partial charge in [-0.05, 0) is 12.2 Å². The highest BCUT2D eigenvalue weighted by Crippen LogP contribution is 1.78. The van der Waals surface area contributed by atoms with Crippen molar-refractivity contribution >= 4 is 23.5 Å². The Bertz CT molecular complexity index is 122. The van der Waals surface area contributed by atoms with E-state index in [9.17, 15) is 0 Å². The van der Waals surface area contributed by atoms with Crippen LogP contribution in [0.25, 0.3) is 0 Å². The van der Waals surface area contributed by atoms with Gasteiger partial charge >= 0.3 is 0 Å². The minimum absolute atomic E-state index is 0.236. The van der Waals surface area contributed by atoms with Gasteiger partial charge in [0.1, 0.15) is 0 Å². The lowest BCUT2D eigenvalue weighted by Crippen LogP contribution is -2.27. The van der Waals surface area contributed by atoms with Gasteiger partial charge in [0.05, 0.1) is 0 Å². The molecule has 0 heterocycles. The van der Waals surface area contributed by atoms with Gasteiger partial charge in [0.2, 0.25) is 0 Å². The Morgan fingerprint density at radius 2 is 2.44 bits per heavy atom. The van der Waals surface area contributed by atoms with Crippen LogP contribution in [-0.2, 0) is 0 Å². The number of nitrogens with zero attached hydrogens (tertiary/aromatic N) is 2. The molecule has 0 saturated heterocycles. The number of hydrogen-bond acceptors (Lipinski definition) is 3. The van der Waals surface area contributed by atoms with Gasteiger partial charge in [-0.3, -0.25) is 0 Å². The van der Waals surface area contributed by atoms with Crippen molar-refractivity contribution in [1.82, 2.24) is 5.01 Å². The Hall–Kier alpha value is -0.680. The van der Waals surface area contributed by atoms with Gasteiger partial charge in [-0.2, -0.15) is 5.10 Å². The molecule has 0 aromatic carbocycles. The molecule has 0 saturated carbocycles. The van der Waals surface area contributed by atoms with Gasteiger partial charge in [-0.25, -0.2) is 5.01 Å². The van der Waals surface area contributed by atoms with Gasteiger partial charge in [-0.15, -0.1) is 0 Å². The van der Waals surface area contributed by atoms with Crippen LogP contribution in [0.3, 0.4) is 0 Å². The lowest BCUT2D eigenvalue weighted by molar-refractivity contribution is 0.551. The highest BCUT2D eigenvalue weighted by molar-refractivity contribution is 7.80. The molecule has 0 spiro atoms. The third-order valence-corrected chi connectivity index (χ3v) is 0.943. The molecule has 0 radical (unpaired) electrons. The summed E-state index contributed by atoms with van der Waals surface area (Å²) in [6.45, 7) is 0.396. The summed E-state index contributed by atoms with van der Waals surface area (Å²) < 4.78 is 0. The minimum atomic E-state index is 0.236. The fraction of sp³-hybridized carbons (Fsp3) is 0.500. The van der Waals surface area contributed by atoms with Gasteiger partial charge in [0, 0.05) is 19.8 Å². The lowest BCUT2D eigenvalue weighted by Gasteiger charge is -2.07. The average Bonchev–Trinajstić information content (AvgIpc) is 1.82. The Morgan fingerprint density at radius 3 is 2.78 bits per heavy atom. The number of nitrogens with two attached hydrogens (primary N) is 2. The van der Waals surface area contributed by atoms with Crippen LogP contribution in [-0.4, -0.2) is 29.9 Å². The molecule has 9 heavy (non-hydrogen) atoms. The zero-order valence-electron chi connectivity index (χ0n) is 5.24. The quantitative estimate of drug-likeness (QED) is 0.301. The van der Waals surface area contributed by atoms with E-state index in [1.165, 1.54) is 11.2 Å². The van der Waals surface area contributed by atoms with Crippen molar-refractivity contribution in [1.29, 1.82) is 0 Å². The molecule has 0 fully saturated rings. The standard InChI is InChI=1S/C4H10N4S/c1-8(4(6)9)7-3-2-5/h3H,2,5H2,1H3,(H2,6,9). The molecule has 0 atom stereocenters. The number of rotatable bonds is 2. The summed E-state index contributed by atoms with van der Waals surface area (Å²) >= 11 is 4.58. The summed E-state index contributed by atoms with van der Waals surface area (Å²) in [4.78, 5) is 0. The van der Waals surface area contributed by atoms with Crippen molar-refractivity contribution in [2.24, 2.45) is 16.6 Å². The van der Waals surface area contributed by atoms with Gasteiger partial charge in [0.25, 0.3) is 0 Å². The molecular weight excluding hydrogens is 136 g/mol. The molecular formula is C4H10N4S. The first kappa shape index (κ1) is 8.32. The van der Waals surface area contributed by atoms with E-state index in [-0.39, 0.29) is 5.11 Å². The highest BCUT2D eigenvalue weighted by atomic mass is 32.1. The van der Waals surface area contributed by atoms with Crippen LogP contribution < -0.4 is 11.5 Å². The molecule has 0 aliphatic rings. The predicted molar refractivity (Wildman–Crippen MR) is 42.1 cm³/mol. The van der Waals surface area contributed by atoms with Crippen molar-refractivity contribution in [3.8, 4) is 0 Å². The van der Waals surface area contributed by atoms with Crippen LogP contribution in [0.1, 0.15) is 0 Å². The number of hydrogen-bond donors (Lipinski definition) is 2. The van der Waals surface area contributed by atoms with Crippen molar-refractivity contribution in [3.63, 3.8) is 0 Å². The number of thiocarbonyl (C=S) groups is 1. The monoisotopic (exact) mass is 146 g/mol. The van der Waals surface area contributed by atoms with Crippen LogP contribution in [0, 0.1) is 0 Å². The van der Waals surface area contributed by atoms with Gasteiger partial charge < -0.3 is 11.5 Å². The first-order valence-corrected chi connectivity index (χ1v) is 2.85. The maximum atomic E-state index is 5.18. The van der Waals surface area contributed by atoms with E-state index in [0.29, 0.717) is 6.54 Å². The van der Waals surface area contributed by atoms with E-state index >= 15 is 0 Å². The smallest absolute Gasteiger partial charge is 0.186 e. The van der Waals surface area contributed by atoms with Gasteiger partial charge in [-0.1, -0.05) is 0 Å². The van der Waals surface area contributed by atoms with E-state index in [0.717, 1.165) is 0 Å². The van der Waals surface area contributed by atoms with E-state index < -0.39 is 0 Å². The molecule has 0 aromatic rings. The molecule has 0 aromatic heterocycles. The van der Waals surface area contributed by atoms with Crippen LogP contribution >= 0.6 is 12.2 Å². The second kappa shape index (κ2) is 4.22. The minimum Gasteiger partial charge on any atom is -0.375 e. The molecule has 0 bridgehead atoms. The normalized spacial score (nSPS) is 10.0. The van der Waals surface area contributed by atoms with E-state index in [4.69, 9.17) is 11.5 Å². The maximum Gasteiger partial charge on any atom is 0.186 e. The largest absolute Gasteiger partial charge is 0.375 e. The highest BCUT2D eigenvalue weighted by Gasteiger charge is 1.90. The molecule has 0 aliphatic heterocycles. The molecule has 4 nitrogen and oxygen atoms in total. The zero-order valence-corrected chi connectivity index (χ0v) is 6.06. The van der Waals surface area contributed by atoms with Crippen molar-refractivity contribution in [3.05, 3.63) is 0 Å². The van der Waals surface area contributed by atoms with Crippen molar-refractivity contribution in [2.45, 2.75) is 0 Å². The first-order valence-electron chi connectivity index (χ1n) is 2.44. The molecule has 0 amide bonds. The average molecular weight is 146 g/mol. The van der Waals surface area contributed by atoms with Crippen molar-refractivity contribution < 1.29 is 0 Å². The molecule has 0 rings (SSSR count). The van der Waals surface area contributed by atoms with E-state index in [1.807, 2.05) is 0 Å². The Morgan fingerprint density at radius 1 is 1.89 bits per heavy atom. The Labute approximate surface area is 59.5 Å². The topological polar surface area (TPSA) is 67.6 Å². The van der Waals surface area contributed by atoms with E-state index in [2.05, 4.69) is 17.3 Å². The molecule has 0 unspecified atom stereocenters. The van der Waals surface area contributed by atoms with Crippen molar-refractivity contribution in [2.75, 3.05) is 13.6 Å². The Kier molecular flexibility index (Phi) is 3.90. The third-order valence-electron chi connectivity index (χ3n) is 0.679. The van der Waals surface area contributed by atoms with Gasteiger partial charge in [0.15, 0.2) is 5.11 Å². The molecule has 0 aliphatic carbocycles. The SMILES string of the molecule is CN(N=CCN)C(N)=S. The molecule has 52 valence electrons. The summed E-state index contributed by atoms with van der Waals surface area (Å²) in [5.74, 6) is 0. The first-order chi connectivity index (χ1) is 4.18. The summed E-state index contributed by atoms with van der Waals surface area (Å²) in [5, 5.41) is 5.37. The number of hydrazone groups is 1. The third kappa shape index (κ3) is 3.87. The van der Waals surface area contributed by atoms with Crippen LogP contribution in [0.4, 0.5) is 0 Å². The van der Waals surface area contributed by atoms with Crippen LogP contribution in [0.15, 0.2) is 5.10 Å². The second-order valence-corrected chi connectivity index (χ2v) is 1.81. The fourth-order valence-electron chi connectivity index (χ4n) is 0.227. The summed E-state index contributed by atoms with van der Waals surface area (Å²) in [5.41, 5.74) is 10.3. The Balaban J connectivity index is 3.62. The summed E-state index contributed by atoms with van der Waals surface area (Å²) in [7, 11) is 1.66. The lowest BCUT2D eigenvalue weighted by atomic mass is 10.8. The summed E-state index contributed by atoms with van der Waals surface area (Å²) in [6.07, 6.45) is 1.53. The predicted octanol–water partition coefficient (Wildman–Crippen LogP) is -0.894. The summed E-state index contributed by atoms with van der Waals surface area (Å²) in [6, 6.07) is 0. The van der Waals surface area contributed by atoms with E-state index in [1.54, 1.807) is 7.05 Å². The molecule has 5 heteroatoms.